The number of nitrogens with two attached hydrogens (primary N) is 1. The minimum atomic E-state index is -0.994. The molecule has 0 saturated carbocycles. The number of nitrogens with zero attached hydrogens (tertiary/aromatic N) is 2. The third kappa shape index (κ3) is 7.14. The number of hydrogen-bond acceptors (Lipinski definition) is 7. The number of carboxylic acid groups (broad SMARTS) is 1. The number of fused-ring (bicyclic) bond motifs is 2. The van der Waals surface area contributed by atoms with Gasteiger partial charge in [0.1, 0.15) is 6.29 Å². The molecule has 0 amide bonds. The molecule has 0 saturated heterocycles. The van der Waals surface area contributed by atoms with Gasteiger partial charge in [-0.2, -0.15) is 0 Å². The van der Waals surface area contributed by atoms with Gasteiger partial charge < -0.3 is 30.8 Å². The van der Waals surface area contributed by atoms with Gasteiger partial charge in [-0.15, -0.1) is 0 Å². The number of carboxylic acids is 1. The van der Waals surface area contributed by atoms with Crippen LogP contribution >= 0.6 is 0 Å². The molecule has 0 bridgehead atoms. The Balaban J connectivity index is 0.000000467. The Hall–Kier alpha value is -4.43. The Kier molecular flexibility index (Phi) is 10.0. The van der Waals surface area contributed by atoms with E-state index in [1.807, 2.05) is 65.6 Å². The highest BCUT2D eigenvalue weighted by atomic mass is 16.4. The zero-order valence-electron chi connectivity index (χ0n) is 25.5. The maximum absolute atomic E-state index is 13.4. The summed E-state index contributed by atoms with van der Waals surface area (Å²) in [5.74, 6) is -1.82. The van der Waals surface area contributed by atoms with Crippen LogP contribution in [-0.4, -0.2) is 64.2 Å². The highest BCUT2D eigenvalue weighted by molar-refractivity contribution is 6.06. The molecule has 5 rings (SSSR count). The first-order chi connectivity index (χ1) is 20.5. The Morgan fingerprint density at radius 1 is 1.00 bits per heavy atom. The van der Waals surface area contributed by atoms with E-state index in [9.17, 15) is 19.5 Å². The van der Waals surface area contributed by atoms with Gasteiger partial charge in [0.25, 0.3) is 0 Å². The highest BCUT2D eigenvalue weighted by Crippen LogP contribution is 2.36. The van der Waals surface area contributed by atoms with Crippen molar-refractivity contribution in [1.29, 1.82) is 0 Å². The number of para-hydroxylation sites is 1. The molecule has 1 heterocycles. The molecule has 43 heavy (non-hydrogen) atoms. The van der Waals surface area contributed by atoms with Crippen molar-refractivity contribution in [2.75, 3.05) is 12.4 Å². The number of allylic oxidation sites excluding steroid dienone is 2. The fraction of sp³-hybridized carbons (Fsp3) is 0.343. The van der Waals surface area contributed by atoms with Crippen LogP contribution in [0, 0.1) is 11.8 Å². The summed E-state index contributed by atoms with van der Waals surface area (Å²) in [7, 11) is 2.15. The molecule has 3 aliphatic rings. The fourth-order valence-corrected chi connectivity index (χ4v) is 5.51. The average Bonchev–Trinajstić information content (AvgIpc) is 3.00. The second-order valence-corrected chi connectivity index (χ2v) is 11.7. The summed E-state index contributed by atoms with van der Waals surface area (Å²) >= 11 is 0. The molecule has 0 radical (unpaired) electrons. The predicted octanol–water partition coefficient (Wildman–Crippen LogP) is 5.26. The number of Topliss-reactive ketones (excluding diaryl/α,β-unsaturated/α-hetero) is 1. The van der Waals surface area contributed by atoms with Crippen molar-refractivity contribution in [3.8, 4) is 0 Å². The maximum Gasteiger partial charge on any atom is 0.335 e. The Morgan fingerprint density at radius 3 is 2.26 bits per heavy atom. The number of rotatable bonds is 8. The van der Waals surface area contributed by atoms with Crippen molar-refractivity contribution in [3.63, 3.8) is 0 Å². The lowest BCUT2D eigenvalue weighted by molar-refractivity contribution is -0.111. The van der Waals surface area contributed by atoms with Gasteiger partial charge in [0.2, 0.25) is 0 Å². The first-order valence-corrected chi connectivity index (χ1v) is 14.7. The number of aldehydes is 1. The molecule has 2 aliphatic carbocycles. The lowest BCUT2D eigenvalue weighted by atomic mass is 9.81. The van der Waals surface area contributed by atoms with E-state index in [1.54, 1.807) is 24.3 Å². The number of ketones is 1. The zero-order valence-corrected chi connectivity index (χ0v) is 25.5. The molecular weight excluding hydrogens is 540 g/mol. The predicted molar refractivity (Wildman–Crippen MR) is 171 cm³/mol. The largest absolute Gasteiger partial charge is 0.478 e. The van der Waals surface area contributed by atoms with Crippen molar-refractivity contribution in [1.82, 2.24) is 9.80 Å². The summed E-state index contributed by atoms with van der Waals surface area (Å²) in [5, 5.41) is 12.6. The Morgan fingerprint density at radius 2 is 1.65 bits per heavy atom. The van der Waals surface area contributed by atoms with Crippen LogP contribution in [0.1, 0.15) is 54.0 Å². The minimum absolute atomic E-state index is 0.0161. The van der Waals surface area contributed by atoms with Gasteiger partial charge in [-0.3, -0.25) is 4.79 Å². The van der Waals surface area contributed by atoms with E-state index in [2.05, 4.69) is 45.0 Å². The zero-order chi connectivity index (χ0) is 31.3. The van der Waals surface area contributed by atoms with E-state index in [-0.39, 0.29) is 23.4 Å². The van der Waals surface area contributed by atoms with Gasteiger partial charge in [0.15, 0.2) is 5.78 Å². The van der Waals surface area contributed by atoms with Gasteiger partial charge in [-0.1, -0.05) is 48.6 Å². The van der Waals surface area contributed by atoms with Crippen molar-refractivity contribution in [3.05, 3.63) is 113 Å². The van der Waals surface area contributed by atoms with Gasteiger partial charge in [0.05, 0.1) is 40.9 Å². The molecule has 4 atom stereocenters. The quantitative estimate of drug-likeness (QED) is 0.361. The molecule has 0 fully saturated rings. The molecule has 4 unspecified atom stereocenters. The van der Waals surface area contributed by atoms with Crippen molar-refractivity contribution in [2.45, 2.75) is 58.4 Å². The molecule has 1 aliphatic heterocycles. The summed E-state index contributed by atoms with van der Waals surface area (Å²) in [6.07, 6.45) is 12.2. The molecule has 0 spiro atoms. The van der Waals surface area contributed by atoms with Crippen LogP contribution in [0.25, 0.3) is 0 Å². The molecule has 8 heteroatoms. The molecule has 2 aromatic rings. The summed E-state index contributed by atoms with van der Waals surface area (Å²) in [4.78, 5) is 40.9. The van der Waals surface area contributed by atoms with Crippen LogP contribution in [-0.2, 0) is 11.3 Å². The van der Waals surface area contributed by atoms with Crippen LogP contribution in [0.3, 0.4) is 0 Å². The number of carbonyl (C=O) groups is 3. The second kappa shape index (κ2) is 13.7. The summed E-state index contributed by atoms with van der Waals surface area (Å²) < 4.78 is 0. The number of benzene rings is 2. The first-order valence-electron chi connectivity index (χ1n) is 14.7. The summed E-state index contributed by atoms with van der Waals surface area (Å²) in [6, 6.07) is 14.8. The van der Waals surface area contributed by atoms with E-state index < -0.39 is 17.8 Å². The minimum Gasteiger partial charge on any atom is -0.478 e. The molecule has 0 aromatic heterocycles. The van der Waals surface area contributed by atoms with Crippen molar-refractivity contribution < 1.29 is 19.5 Å². The fourth-order valence-electron chi connectivity index (χ4n) is 5.51. The van der Waals surface area contributed by atoms with Gasteiger partial charge in [0, 0.05) is 29.9 Å². The number of anilines is 1. The van der Waals surface area contributed by atoms with E-state index in [0.717, 1.165) is 17.5 Å². The smallest absolute Gasteiger partial charge is 0.335 e. The Labute approximate surface area is 254 Å². The molecule has 2 aromatic carbocycles. The molecular formula is C35H42N4O4. The number of carbonyl (C=O) groups excluding carboxylic acids is 2. The van der Waals surface area contributed by atoms with E-state index >= 15 is 0 Å². The van der Waals surface area contributed by atoms with E-state index in [1.165, 1.54) is 0 Å². The SMILES string of the molecule is CC(C)N(C)C(C)C.NC1=CC2Nc3ccccc3C(=O)C2C=C1N(Cc1ccc(C(=O)O)cc1)C1C=CC=CC1C=O. The maximum atomic E-state index is 13.4. The molecule has 226 valence electrons. The van der Waals surface area contributed by atoms with Crippen LogP contribution < -0.4 is 11.1 Å². The molecule has 4 N–H and O–H groups in total. The first kappa shape index (κ1) is 31.5. The third-order valence-electron chi connectivity index (χ3n) is 8.35. The van der Waals surface area contributed by atoms with Crippen LogP contribution in [0.4, 0.5) is 5.69 Å². The number of hydrogen-bond donors (Lipinski definition) is 3. The monoisotopic (exact) mass is 582 g/mol. The summed E-state index contributed by atoms with van der Waals surface area (Å²) in [5.41, 5.74) is 10.2. The lowest BCUT2D eigenvalue weighted by Crippen LogP contribution is -2.45. The second-order valence-electron chi connectivity index (χ2n) is 11.7. The number of aromatic carboxylic acids is 1. The number of nitrogens with one attached hydrogen (secondary N) is 1. The Bertz CT molecular complexity index is 1450. The van der Waals surface area contributed by atoms with E-state index in [4.69, 9.17) is 5.73 Å². The van der Waals surface area contributed by atoms with Crippen LogP contribution in [0.15, 0.2) is 96.4 Å². The highest BCUT2D eigenvalue weighted by Gasteiger charge is 2.38. The topological polar surface area (TPSA) is 116 Å². The standard InChI is InChI=1S/C28H25N3O4.C7H17N/c29-22-14-24-21(27(33)20-6-2-3-7-23(20)30-24)13-26(22)31(25-8-4-1-5-19(25)16-32)15-17-9-11-18(12-10-17)28(34)35;1-6(2)8(5)7(3)4/h1-14,16,19,21,24-25,30H,15,29H2,(H,34,35);6-7H,1-5H3. The molecule has 8 nitrogen and oxygen atoms in total. The van der Waals surface area contributed by atoms with Gasteiger partial charge in [-0.05, 0) is 76.7 Å². The van der Waals surface area contributed by atoms with Crippen LogP contribution in [0.5, 0.6) is 0 Å². The van der Waals surface area contributed by atoms with Crippen molar-refractivity contribution >= 4 is 23.7 Å². The normalized spacial score (nSPS) is 22.1. The lowest BCUT2D eigenvalue weighted by Gasteiger charge is -2.41. The van der Waals surface area contributed by atoms with Gasteiger partial charge in [-0.25, -0.2) is 4.79 Å². The summed E-state index contributed by atoms with van der Waals surface area (Å²) in [6.45, 7) is 9.21. The average molecular weight is 583 g/mol. The van der Waals surface area contributed by atoms with E-state index in [0.29, 0.717) is 35.6 Å². The third-order valence-corrected chi connectivity index (χ3v) is 8.35. The van der Waals surface area contributed by atoms with Crippen LogP contribution in [0.2, 0.25) is 0 Å². The van der Waals surface area contributed by atoms with Gasteiger partial charge >= 0.3 is 5.97 Å². The van der Waals surface area contributed by atoms with Crippen molar-refractivity contribution in [2.24, 2.45) is 17.6 Å².